The molecule has 1 amide bonds. The normalized spacial score (nSPS) is 10.5. The van der Waals surface area contributed by atoms with Crippen LogP contribution in [0.1, 0.15) is 12.5 Å². The fraction of sp³-hybridized carbons (Fsp3) is 0.130. The van der Waals surface area contributed by atoms with Crippen molar-refractivity contribution in [2.45, 2.75) is 6.92 Å². The molecule has 0 unspecified atom stereocenters. The number of carbonyl (C=O) groups excluding carboxylic acids is 1. The lowest BCUT2D eigenvalue weighted by atomic mass is 10.2. The summed E-state index contributed by atoms with van der Waals surface area (Å²) in [5, 5.41) is 28.8. The lowest BCUT2D eigenvalue weighted by Crippen LogP contribution is -2.20. The average molecular weight is 479 g/mol. The molecule has 0 aliphatic carbocycles. The maximum Gasteiger partial charge on any atom is 0.301 e. The van der Waals surface area contributed by atoms with Gasteiger partial charge in [0, 0.05) is 11.8 Å². The van der Waals surface area contributed by atoms with E-state index in [1.54, 1.807) is 49.4 Å². The first-order chi connectivity index (χ1) is 16.9. The van der Waals surface area contributed by atoms with Gasteiger partial charge in [0.25, 0.3) is 11.6 Å². The second kappa shape index (κ2) is 11.7. The van der Waals surface area contributed by atoms with Gasteiger partial charge in [-0.2, -0.15) is 5.10 Å². The maximum absolute atomic E-state index is 12.1. The predicted octanol–water partition coefficient (Wildman–Crippen LogP) is 4.37. The predicted molar refractivity (Wildman–Crippen MR) is 129 cm³/mol. The zero-order valence-corrected chi connectivity index (χ0v) is 18.5. The largest absolute Gasteiger partial charge is 0.490 e. The summed E-state index contributed by atoms with van der Waals surface area (Å²) < 4.78 is 11.2. The van der Waals surface area contributed by atoms with Crippen LogP contribution < -0.4 is 20.2 Å². The average Bonchev–Trinajstić information content (AvgIpc) is 2.84. The number of non-ortho nitro benzene ring substituents is 1. The van der Waals surface area contributed by atoms with Crippen molar-refractivity contribution in [1.82, 2.24) is 0 Å². The first-order valence-corrected chi connectivity index (χ1v) is 10.3. The maximum atomic E-state index is 12.1. The fourth-order valence-electron chi connectivity index (χ4n) is 2.91. The molecular weight excluding hydrogens is 458 g/mol. The molecule has 12 heteroatoms. The molecule has 12 nitrogen and oxygen atoms in total. The summed E-state index contributed by atoms with van der Waals surface area (Å²) >= 11 is 0. The summed E-state index contributed by atoms with van der Waals surface area (Å²) in [5.41, 5.74) is 2.85. The third kappa shape index (κ3) is 6.99. The van der Waals surface area contributed by atoms with Crippen LogP contribution in [-0.2, 0) is 4.79 Å². The first-order valence-electron chi connectivity index (χ1n) is 10.3. The van der Waals surface area contributed by atoms with Gasteiger partial charge < -0.3 is 14.8 Å². The Morgan fingerprint density at radius 2 is 1.74 bits per heavy atom. The molecule has 3 rings (SSSR count). The van der Waals surface area contributed by atoms with Crippen LogP contribution in [-0.4, -0.2) is 35.2 Å². The SMILES string of the molecule is CCOc1cc(/C=N/Nc2ccc([N+](=O)[O-])cc2[N+](=O)[O-])ccc1OCC(=O)Nc1ccccc1. The molecule has 0 atom stereocenters. The van der Waals surface area contributed by atoms with Crippen LogP contribution in [0.25, 0.3) is 0 Å². The van der Waals surface area contributed by atoms with Crippen molar-refractivity contribution in [2.75, 3.05) is 24.0 Å². The minimum atomic E-state index is -0.738. The molecule has 0 aliphatic heterocycles. The highest BCUT2D eigenvalue weighted by Gasteiger charge is 2.19. The Labute approximate surface area is 199 Å². The van der Waals surface area contributed by atoms with Gasteiger partial charge in [-0.3, -0.25) is 30.4 Å². The zero-order valence-electron chi connectivity index (χ0n) is 18.5. The molecule has 3 aromatic carbocycles. The molecule has 0 saturated carbocycles. The van der Waals surface area contributed by atoms with Crippen molar-refractivity contribution in [2.24, 2.45) is 5.10 Å². The molecule has 3 aromatic rings. The van der Waals surface area contributed by atoms with Crippen molar-refractivity contribution >= 4 is 34.9 Å². The monoisotopic (exact) mass is 479 g/mol. The molecule has 0 radical (unpaired) electrons. The molecule has 0 heterocycles. The Hall–Kier alpha value is -5.00. The van der Waals surface area contributed by atoms with Crippen LogP contribution in [0.3, 0.4) is 0 Å². The molecule has 180 valence electrons. The number of hydrogen-bond donors (Lipinski definition) is 2. The summed E-state index contributed by atoms with van der Waals surface area (Å²) in [7, 11) is 0. The Morgan fingerprint density at radius 1 is 0.971 bits per heavy atom. The van der Waals surface area contributed by atoms with Crippen LogP contribution in [0.2, 0.25) is 0 Å². The van der Waals surface area contributed by atoms with Gasteiger partial charge in [0.2, 0.25) is 0 Å². The van der Waals surface area contributed by atoms with Crippen molar-refractivity contribution < 1.29 is 24.1 Å². The lowest BCUT2D eigenvalue weighted by Gasteiger charge is -2.12. The number of hydrazone groups is 1. The smallest absolute Gasteiger partial charge is 0.301 e. The van der Waals surface area contributed by atoms with Crippen molar-refractivity contribution in [3.63, 3.8) is 0 Å². The van der Waals surface area contributed by atoms with E-state index >= 15 is 0 Å². The summed E-state index contributed by atoms with van der Waals surface area (Å²) in [5.74, 6) is 0.398. The number of para-hydroxylation sites is 1. The third-order valence-corrected chi connectivity index (χ3v) is 4.47. The molecule has 0 aromatic heterocycles. The van der Waals surface area contributed by atoms with E-state index in [4.69, 9.17) is 9.47 Å². The molecule has 0 aliphatic rings. The summed E-state index contributed by atoms with van der Waals surface area (Å²) in [6.45, 7) is 1.91. The van der Waals surface area contributed by atoms with E-state index in [9.17, 15) is 25.0 Å². The number of carbonyl (C=O) groups is 1. The third-order valence-electron chi connectivity index (χ3n) is 4.47. The van der Waals surface area contributed by atoms with Crippen LogP contribution in [0.5, 0.6) is 11.5 Å². The van der Waals surface area contributed by atoms with Crippen LogP contribution in [0.15, 0.2) is 71.8 Å². The number of amides is 1. The molecule has 35 heavy (non-hydrogen) atoms. The lowest BCUT2D eigenvalue weighted by molar-refractivity contribution is -0.393. The number of anilines is 2. The highest BCUT2D eigenvalue weighted by atomic mass is 16.6. The van der Waals surface area contributed by atoms with Gasteiger partial charge in [-0.25, -0.2) is 0 Å². The van der Waals surface area contributed by atoms with Gasteiger partial charge >= 0.3 is 5.69 Å². The molecular formula is C23H21N5O7. The van der Waals surface area contributed by atoms with Gasteiger partial charge in [-0.05, 0) is 48.9 Å². The Balaban J connectivity index is 1.67. The summed E-state index contributed by atoms with van der Waals surface area (Å²) in [6, 6.07) is 17.1. The van der Waals surface area contributed by atoms with Crippen LogP contribution >= 0.6 is 0 Å². The number of benzene rings is 3. The van der Waals surface area contributed by atoms with Crippen molar-refractivity contribution in [3.05, 3.63) is 92.5 Å². The van der Waals surface area contributed by atoms with E-state index < -0.39 is 21.2 Å². The highest BCUT2D eigenvalue weighted by Crippen LogP contribution is 2.30. The fourth-order valence-corrected chi connectivity index (χ4v) is 2.91. The highest BCUT2D eigenvalue weighted by molar-refractivity contribution is 5.91. The molecule has 0 fully saturated rings. The first kappa shape index (κ1) is 24.6. The van der Waals surface area contributed by atoms with E-state index in [0.717, 1.165) is 12.1 Å². The number of nitrogens with one attached hydrogen (secondary N) is 2. The quantitative estimate of drug-likeness (QED) is 0.233. The topological polar surface area (TPSA) is 158 Å². The number of rotatable bonds is 11. The molecule has 0 saturated heterocycles. The molecule has 0 spiro atoms. The van der Waals surface area contributed by atoms with Crippen LogP contribution in [0, 0.1) is 20.2 Å². The minimum Gasteiger partial charge on any atom is -0.490 e. The van der Waals surface area contributed by atoms with E-state index in [2.05, 4.69) is 15.8 Å². The van der Waals surface area contributed by atoms with Gasteiger partial charge in [0.1, 0.15) is 5.69 Å². The minimum absolute atomic E-state index is 0.00809. The Kier molecular flexibility index (Phi) is 8.27. The van der Waals surface area contributed by atoms with E-state index in [1.807, 2.05) is 6.07 Å². The molecule has 0 bridgehead atoms. The number of nitro groups is 2. The van der Waals surface area contributed by atoms with E-state index in [0.29, 0.717) is 29.4 Å². The summed E-state index contributed by atoms with van der Waals surface area (Å²) in [4.78, 5) is 32.8. The number of nitrogens with zero attached hydrogens (tertiary/aromatic N) is 3. The van der Waals surface area contributed by atoms with Crippen LogP contribution in [0.4, 0.5) is 22.7 Å². The van der Waals surface area contributed by atoms with Gasteiger partial charge in [0.05, 0.1) is 28.7 Å². The van der Waals surface area contributed by atoms with Gasteiger partial charge in [-0.15, -0.1) is 0 Å². The van der Waals surface area contributed by atoms with Gasteiger partial charge in [0.15, 0.2) is 18.1 Å². The second-order valence-corrected chi connectivity index (χ2v) is 6.93. The standard InChI is InChI=1S/C23H21N5O7/c1-2-34-22-12-16(8-11-21(22)35-15-23(29)25-17-6-4-3-5-7-17)14-24-26-19-10-9-18(27(30)31)13-20(19)28(32)33/h3-14,26H,2,15H2,1H3,(H,25,29)/b24-14+. The molecule has 2 N–H and O–H groups in total. The number of hydrogen-bond acceptors (Lipinski definition) is 9. The van der Waals surface area contributed by atoms with Crippen molar-refractivity contribution in [3.8, 4) is 11.5 Å². The second-order valence-electron chi connectivity index (χ2n) is 6.93. The van der Waals surface area contributed by atoms with Crippen molar-refractivity contribution in [1.29, 1.82) is 0 Å². The van der Waals surface area contributed by atoms with Gasteiger partial charge in [-0.1, -0.05) is 18.2 Å². The Bertz CT molecular complexity index is 1250. The summed E-state index contributed by atoms with van der Waals surface area (Å²) in [6.07, 6.45) is 1.39. The Morgan fingerprint density at radius 3 is 2.43 bits per heavy atom. The number of nitro benzene ring substituents is 2. The van der Waals surface area contributed by atoms with E-state index in [-0.39, 0.29) is 18.2 Å². The van der Waals surface area contributed by atoms with E-state index in [1.165, 1.54) is 12.3 Å². The zero-order chi connectivity index (χ0) is 25.2. The number of ether oxygens (including phenoxy) is 2.